The van der Waals surface area contributed by atoms with Gasteiger partial charge in [-0.05, 0) is 31.2 Å². The van der Waals surface area contributed by atoms with E-state index in [1.807, 2.05) is 19.9 Å². The number of fused-ring (bicyclic) bond motifs is 1. The molecule has 0 saturated carbocycles. The summed E-state index contributed by atoms with van der Waals surface area (Å²) in [6.07, 6.45) is -0.0243. The minimum absolute atomic E-state index is 0.00653. The highest BCUT2D eigenvalue weighted by molar-refractivity contribution is 6.07. The number of carbonyl (C=O) groups is 2. The molecule has 2 amide bonds. The summed E-state index contributed by atoms with van der Waals surface area (Å²) in [6, 6.07) is 9.36. The minimum Gasteiger partial charge on any atom is -0.489 e. The van der Waals surface area contributed by atoms with Crippen LogP contribution in [0.2, 0.25) is 0 Å². The molecule has 2 aromatic rings. The number of carbonyl (C=O) groups excluding carboxylic acids is 2. The Morgan fingerprint density at radius 2 is 1.88 bits per heavy atom. The summed E-state index contributed by atoms with van der Waals surface area (Å²) in [7, 11) is 0. The molecule has 1 aliphatic rings. The van der Waals surface area contributed by atoms with Gasteiger partial charge in [0.25, 0.3) is 5.91 Å². The van der Waals surface area contributed by atoms with Crippen LogP contribution in [0.15, 0.2) is 36.4 Å². The van der Waals surface area contributed by atoms with Crippen molar-refractivity contribution in [2.24, 2.45) is 0 Å². The number of hydrogen-bond donors (Lipinski definition) is 2. The minimum atomic E-state index is -0.585. The van der Waals surface area contributed by atoms with E-state index in [2.05, 4.69) is 10.6 Å². The Morgan fingerprint density at radius 1 is 1.12 bits per heavy atom. The van der Waals surface area contributed by atoms with Crippen molar-refractivity contribution in [1.82, 2.24) is 0 Å². The highest BCUT2D eigenvalue weighted by Crippen LogP contribution is 2.40. The Balaban J connectivity index is 1.88. The molecule has 0 bridgehead atoms. The molecule has 130 valence electrons. The Morgan fingerprint density at radius 3 is 2.60 bits per heavy atom. The highest BCUT2D eigenvalue weighted by atomic mass is 19.1. The molecule has 2 aromatic carbocycles. The van der Waals surface area contributed by atoms with Crippen LogP contribution in [0.5, 0.6) is 5.75 Å². The van der Waals surface area contributed by atoms with Gasteiger partial charge in [-0.3, -0.25) is 9.59 Å². The Labute approximate surface area is 145 Å². The third-order valence-corrected chi connectivity index (χ3v) is 4.32. The Kier molecular flexibility index (Phi) is 4.44. The Bertz CT molecular complexity index is 851. The fraction of sp³-hybridized carbons (Fsp3) is 0.263. The van der Waals surface area contributed by atoms with Gasteiger partial charge in [-0.2, -0.15) is 0 Å². The largest absolute Gasteiger partial charge is 0.489 e. The average molecular weight is 342 g/mol. The van der Waals surface area contributed by atoms with E-state index in [9.17, 15) is 14.0 Å². The van der Waals surface area contributed by atoms with Crippen molar-refractivity contribution in [2.45, 2.75) is 32.8 Å². The number of rotatable bonds is 3. The van der Waals surface area contributed by atoms with Crippen LogP contribution in [-0.2, 0) is 4.79 Å². The van der Waals surface area contributed by atoms with Crippen LogP contribution in [-0.4, -0.2) is 17.9 Å². The van der Waals surface area contributed by atoms with Crippen LogP contribution in [0, 0.1) is 5.82 Å². The van der Waals surface area contributed by atoms with Gasteiger partial charge in [-0.15, -0.1) is 0 Å². The van der Waals surface area contributed by atoms with Crippen LogP contribution in [0.4, 0.5) is 15.8 Å². The molecular weight excluding hydrogens is 323 g/mol. The number of para-hydroxylation sites is 1. The Hall–Kier alpha value is -2.89. The average Bonchev–Trinajstić information content (AvgIpc) is 2.85. The van der Waals surface area contributed by atoms with E-state index < -0.39 is 11.7 Å². The second kappa shape index (κ2) is 6.55. The fourth-order valence-electron chi connectivity index (χ4n) is 2.86. The maximum atomic E-state index is 14.0. The van der Waals surface area contributed by atoms with Crippen LogP contribution < -0.4 is 15.4 Å². The second-order valence-electron chi connectivity index (χ2n) is 6.17. The van der Waals surface area contributed by atoms with Gasteiger partial charge in [0.05, 0.1) is 11.3 Å². The number of anilines is 2. The van der Waals surface area contributed by atoms with Gasteiger partial charge >= 0.3 is 0 Å². The molecule has 5 nitrogen and oxygen atoms in total. The van der Waals surface area contributed by atoms with Gasteiger partial charge in [0, 0.05) is 24.1 Å². The first-order valence-electron chi connectivity index (χ1n) is 8.05. The topological polar surface area (TPSA) is 67.4 Å². The predicted octanol–water partition coefficient (Wildman–Crippen LogP) is 3.92. The molecule has 0 saturated heterocycles. The number of hydrogen-bond acceptors (Lipinski definition) is 3. The normalized spacial score (nSPS) is 18.2. The SMILES string of the molecule is CC(=O)Nc1ccc(F)c(NC(=O)c2cccc3c2OC(C)C3C)c1. The maximum absolute atomic E-state index is 14.0. The number of nitrogens with one attached hydrogen (secondary N) is 2. The van der Waals surface area contributed by atoms with E-state index in [0.29, 0.717) is 17.0 Å². The van der Waals surface area contributed by atoms with Crippen LogP contribution in [0.25, 0.3) is 0 Å². The monoisotopic (exact) mass is 342 g/mol. The van der Waals surface area contributed by atoms with Crippen molar-refractivity contribution >= 4 is 23.2 Å². The first-order valence-corrected chi connectivity index (χ1v) is 8.05. The fourth-order valence-corrected chi connectivity index (χ4v) is 2.86. The molecule has 6 heteroatoms. The number of ether oxygens (including phenoxy) is 1. The summed E-state index contributed by atoms with van der Waals surface area (Å²) in [5, 5.41) is 5.11. The molecule has 0 fully saturated rings. The van der Waals surface area contributed by atoms with Gasteiger partial charge in [0.2, 0.25) is 5.91 Å². The van der Waals surface area contributed by atoms with Gasteiger partial charge in [-0.1, -0.05) is 19.1 Å². The van der Waals surface area contributed by atoms with Crippen molar-refractivity contribution < 1.29 is 18.7 Å². The second-order valence-corrected chi connectivity index (χ2v) is 6.17. The smallest absolute Gasteiger partial charge is 0.259 e. The van der Waals surface area contributed by atoms with E-state index in [0.717, 1.165) is 5.56 Å². The van der Waals surface area contributed by atoms with E-state index in [1.54, 1.807) is 12.1 Å². The van der Waals surface area contributed by atoms with Crippen LogP contribution in [0.3, 0.4) is 0 Å². The zero-order chi connectivity index (χ0) is 18.1. The highest BCUT2D eigenvalue weighted by Gasteiger charge is 2.31. The standard InChI is InChI=1S/C19H19FN2O3/c1-10-11(2)25-18-14(10)5-4-6-15(18)19(24)22-17-9-13(21-12(3)23)7-8-16(17)20/h4-11H,1-3H3,(H,21,23)(H,22,24). The molecule has 0 spiro atoms. The molecule has 2 atom stereocenters. The lowest BCUT2D eigenvalue weighted by atomic mass is 9.97. The number of halogens is 1. The zero-order valence-corrected chi connectivity index (χ0v) is 14.2. The van der Waals surface area contributed by atoms with Gasteiger partial charge in [0.15, 0.2) is 0 Å². The molecule has 3 rings (SSSR count). The first kappa shape index (κ1) is 17.0. The lowest BCUT2D eigenvalue weighted by Gasteiger charge is -2.12. The summed E-state index contributed by atoms with van der Waals surface area (Å²) >= 11 is 0. The molecule has 1 heterocycles. The van der Waals surface area contributed by atoms with Crippen molar-refractivity contribution in [3.63, 3.8) is 0 Å². The summed E-state index contributed by atoms with van der Waals surface area (Å²) in [6.45, 7) is 5.34. The van der Waals surface area contributed by atoms with Crippen LogP contribution in [0.1, 0.15) is 42.6 Å². The lowest BCUT2D eigenvalue weighted by molar-refractivity contribution is -0.114. The van der Waals surface area contributed by atoms with Crippen molar-refractivity contribution in [2.75, 3.05) is 10.6 Å². The predicted molar refractivity (Wildman–Crippen MR) is 93.6 cm³/mol. The first-order chi connectivity index (χ1) is 11.9. The number of amides is 2. The number of benzene rings is 2. The molecule has 0 aromatic heterocycles. The van der Waals surface area contributed by atoms with Crippen molar-refractivity contribution in [3.8, 4) is 5.75 Å². The summed E-state index contributed by atoms with van der Waals surface area (Å²) in [5.41, 5.74) is 1.72. The van der Waals surface area contributed by atoms with Gasteiger partial charge < -0.3 is 15.4 Å². The summed E-state index contributed by atoms with van der Waals surface area (Å²) in [4.78, 5) is 23.8. The van der Waals surface area contributed by atoms with E-state index in [-0.39, 0.29) is 23.6 Å². The molecule has 25 heavy (non-hydrogen) atoms. The third-order valence-electron chi connectivity index (χ3n) is 4.32. The summed E-state index contributed by atoms with van der Waals surface area (Å²) < 4.78 is 19.8. The van der Waals surface area contributed by atoms with Crippen LogP contribution >= 0.6 is 0 Å². The summed E-state index contributed by atoms with van der Waals surface area (Å²) in [5.74, 6) is -0.600. The maximum Gasteiger partial charge on any atom is 0.259 e. The van der Waals surface area contributed by atoms with Crippen molar-refractivity contribution in [1.29, 1.82) is 0 Å². The lowest BCUT2D eigenvalue weighted by Crippen LogP contribution is -2.15. The van der Waals surface area contributed by atoms with Crippen molar-refractivity contribution in [3.05, 3.63) is 53.3 Å². The zero-order valence-electron chi connectivity index (χ0n) is 14.2. The van der Waals surface area contributed by atoms with E-state index >= 15 is 0 Å². The van der Waals surface area contributed by atoms with E-state index in [4.69, 9.17) is 4.74 Å². The van der Waals surface area contributed by atoms with E-state index in [1.165, 1.54) is 25.1 Å². The molecule has 0 aliphatic carbocycles. The molecule has 2 N–H and O–H groups in total. The molecule has 0 radical (unpaired) electrons. The van der Waals surface area contributed by atoms with Gasteiger partial charge in [-0.25, -0.2) is 4.39 Å². The third kappa shape index (κ3) is 3.33. The van der Waals surface area contributed by atoms with Gasteiger partial charge in [0.1, 0.15) is 17.7 Å². The quantitative estimate of drug-likeness (QED) is 0.888. The molecule has 2 unspecified atom stereocenters. The molecule has 1 aliphatic heterocycles. The molecular formula is C19H19FN2O3.